The molecule has 2 aromatic carbocycles. The number of halogens is 3. The Morgan fingerprint density at radius 3 is 2.16 bits per heavy atom. The highest BCUT2D eigenvalue weighted by atomic mass is 19.4. The van der Waals surface area contributed by atoms with E-state index in [9.17, 15) is 22.8 Å². The van der Waals surface area contributed by atoms with Gasteiger partial charge in [-0.15, -0.1) is 0 Å². The maximum absolute atomic E-state index is 13.4. The topological polar surface area (TPSA) is 163 Å². The van der Waals surface area contributed by atoms with Crippen LogP contribution in [-0.4, -0.2) is 48.4 Å². The summed E-state index contributed by atoms with van der Waals surface area (Å²) in [6.45, 7) is 0.386. The second-order valence-electron chi connectivity index (χ2n) is 9.56. The fourth-order valence-corrected chi connectivity index (χ4v) is 4.19. The molecule has 1 heterocycles. The summed E-state index contributed by atoms with van der Waals surface area (Å²) in [6.07, 6.45) is -2.86. The van der Waals surface area contributed by atoms with Crippen LogP contribution in [0, 0.1) is 5.41 Å². The number of benzene rings is 2. The highest BCUT2D eigenvalue weighted by Crippen LogP contribution is 2.29. The van der Waals surface area contributed by atoms with Crippen LogP contribution in [0.5, 0.6) is 0 Å². The van der Waals surface area contributed by atoms with Gasteiger partial charge in [-0.25, -0.2) is 0 Å². The third-order valence-corrected chi connectivity index (χ3v) is 6.74. The Morgan fingerprint density at radius 2 is 1.55 bits per heavy atom. The van der Waals surface area contributed by atoms with E-state index < -0.39 is 35.1 Å². The maximum atomic E-state index is 13.4. The van der Waals surface area contributed by atoms with Crippen LogP contribution < -0.4 is 28.3 Å². The lowest BCUT2D eigenvalue weighted by molar-refractivity contribution is -0.137. The van der Waals surface area contributed by atoms with Crippen LogP contribution in [0.15, 0.2) is 60.8 Å². The number of hydrogen-bond acceptors (Lipinski definition) is 7. The van der Waals surface area contributed by atoms with Crippen LogP contribution >= 0.6 is 0 Å². The number of nitrogens with zero attached hydrogens (tertiary/aromatic N) is 1. The van der Waals surface area contributed by atoms with E-state index in [0.717, 1.165) is 23.0 Å². The molecule has 0 saturated heterocycles. The van der Waals surface area contributed by atoms with Crippen LogP contribution in [-0.2, 0) is 28.6 Å². The zero-order chi connectivity index (χ0) is 27.9. The molecule has 9 N–H and O–H groups in total. The average Bonchev–Trinajstić information content (AvgIpc) is 2.91. The smallest absolute Gasteiger partial charge is 0.345 e. The number of amides is 1. The van der Waals surface area contributed by atoms with E-state index in [2.05, 4.69) is 10.3 Å². The van der Waals surface area contributed by atoms with Crippen molar-refractivity contribution in [3.8, 4) is 0 Å². The second-order valence-corrected chi connectivity index (χ2v) is 9.56. The number of aromatic nitrogens is 1. The van der Waals surface area contributed by atoms with Gasteiger partial charge in [0.25, 0.3) is 0 Å². The average molecular weight is 531 g/mol. The van der Waals surface area contributed by atoms with Gasteiger partial charge in [-0.2, -0.15) is 13.2 Å². The van der Waals surface area contributed by atoms with E-state index in [4.69, 9.17) is 22.9 Å². The zero-order valence-electron chi connectivity index (χ0n) is 20.9. The van der Waals surface area contributed by atoms with Gasteiger partial charge in [0.2, 0.25) is 5.91 Å². The summed E-state index contributed by atoms with van der Waals surface area (Å²) >= 11 is 0. The quantitative estimate of drug-likeness (QED) is 0.238. The minimum Gasteiger partial charge on any atom is -0.345 e. The number of fused-ring (bicyclic) bond motifs is 1. The lowest BCUT2D eigenvalue weighted by Gasteiger charge is -2.32. The molecule has 0 aliphatic carbocycles. The number of carbonyl (C=O) groups is 2. The van der Waals surface area contributed by atoms with Crippen molar-refractivity contribution < 1.29 is 22.8 Å². The predicted molar refractivity (Wildman–Crippen MR) is 140 cm³/mol. The number of para-hydroxylation sites is 1. The van der Waals surface area contributed by atoms with Crippen molar-refractivity contribution in [2.75, 3.05) is 19.6 Å². The van der Waals surface area contributed by atoms with Crippen molar-refractivity contribution in [2.45, 2.75) is 37.5 Å². The minimum atomic E-state index is -4.49. The molecule has 0 bridgehead atoms. The lowest BCUT2D eigenvalue weighted by Crippen LogP contribution is -2.54. The molecule has 11 heteroatoms. The molecule has 0 aliphatic rings. The van der Waals surface area contributed by atoms with E-state index in [1.807, 2.05) is 30.3 Å². The molecule has 3 rings (SSSR count). The number of nitrogens with one attached hydrogen (secondary N) is 1. The molecule has 0 spiro atoms. The molecule has 1 aromatic heterocycles. The van der Waals surface area contributed by atoms with Crippen molar-refractivity contribution in [2.24, 2.45) is 28.3 Å². The number of alkyl halides is 3. The van der Waals surface area contributed by atoms with Gasteiger partial charge < -0.3 is 28.3 Å². The molecule has 204 valence electrons. The van der Waals surface area contributed by atoms with Gasteiger partial charge in [0.1, 0.15) is 0 Å². The van der Waals surface area contributed by atoms with Gasteiger partial charge in [0.15, 0.2) is 5.78 Å². The number of ketones is 1. The summed E-state index contributed by atoms with van der Waals surface area (Å²) in [7, 11) is 0. The summed E-state index contributed by atoms with van der Waals surface area (Å²) in [5.74, 6) is -0.947. The summed E-state index contributed by atoms with van der Waals surface area (Å²) in [6, 6.07) is 11.6. The van der Waals surface area contributed by atoms with Crippen molar-refractivity contribution in [1.82, 2.24) is 10.3 Å². The van der Waals surface area contributed by atoms with E-state index >= 15 is 0 Å². The third-order valence-electron chi connectivity index (χ3n) is 6.74. The highest BCUT2D eigenvalue weighted by molar-refractivity contribution is 5.92. The minimum absolute atomic E-state index is 0.0216. The Labute approximate surface area is 218 Å². The molecule has 1 amide bonds. The molecular formula is C27H33F3N6O2. The van der Waals surface area contributed by atoms with Gasteiger partial charge in [-0.3, -0.25) is 14.6 Å². The van der Waals surface area contributed by atoms with Crippen LogP contribution in [0.2, 0.25) is 0 Å². The molecule has 0 aliphatic heterocycles. The van der Waals surface area contributed by atoms with E-state index in [0.29, 0.717) is 11.1 Å². The second kappa shape index (κ2) is 12.4. The SMILES string of the molecule is NCC(CN)(CN)C[C@H](N)C(=O)N[C@H](Cc1ccc(C(F)(F)F)cc1)C(=O)Cc1cnc2ccccc2c1. The molecule has 38 heavy (non-hydrogen) atoms. The standard InChI is InChI=1S/C27H33F3N6O2/c28-27(29,30)20-7-5-17(6-8-20)10-23(36-25(38)21(34)12-26(14-31,15-32)16-33)24(37)11-18-9-19-3-1-2-4-22(19)35-13-18/h1-9,13,21,23H,10-12,14-16,31-34H2,(H,36,38)/t21-,23+/m0/s1. The normalized spacial score (nSPS) is 13.8. The third kappa shape index (κ3) is 7.35. The Morgan fingerprint density at radius 1 is 0.921 bits per heavy atom. The van der Waals surface area contributed by atoms with Crippen LogP contribution in [0.3, 0.4) is 0 Å². The van der Waals surface area contributed by atoms with Crippen LogP contribution in [0.4, 0.5) is 13.2 Å². The van der Waals surface area contributed by atoms with Gasteiger partial charge >= 0.3 is 6.18 Å². The first-order valence-electron chi connectivity index (χ1n) is 12.2. The van der Waals surface area contributed by atoms with Gasteiger partial charge in [-0.05, 0) is 48.2 Å². The molecule has 0 fully saturated rings. The summed E-state index contributed by atoms with van der Waals surface area (Å²) in [5, 5.41) is 3.54. The van der Waals surface area contributed by atoms with Gasteiger partial charge in [0.05, 0.1) is 23.2 Å². The van der Waals surface area contributed by atoms with Crippen molar-refractivity contribution >= 4 is 22.6 Å². The molecule has 3 aromatic rings. The largest absolute Gasteiger partial charge is 0.416 e. The molecule has 0 radical (unpaired) electrons. The van der Waals surface area contributed by atoms with Gasteiger partial charge in [-0.1, -0.05) is 30.3 Å². The Kier molecular flexibility index (Phi) is 9.55. The zero-order valence-corrected chi connectivity index (χ0v) is 20.9. The molecule has 2 atom stereocenters. The Balaban J connectivity index is 1.82. The Hall–Kier alpha value is -3.38. The van der Waals surface area contributed by atoms with Crippen molar-refractivity contribution in [1.29, 1.82) is 0 Å². The van der Waals surface area contributed by atoms with Gasteiger partial charge in [0, 0.05) is 43.1 Å². The molecule has 0 unspecified atom stereocenters. The fourth-order valence-electron chi connectivity index (χ4n) is 4.19. The Bertz CT molecular complexity index is 1240. The van der Waals surface area contributed by atoms with Crippen LogP contribution in [0.1, 0.15) is 23.1 Å². The first kappa shape index (κ1) is 29.2. The molecule has 0 saturated carbocycles. The summed E-state index contributed by atoms with van der Waals surface area (Å²) in [5.41, 5.74) is 23.9. The first-order valence-corrected chi connectivity index (χ1v) is 12.2. The maximum Gasteiger partial charge on any atom is 0.416 e. The van der Waals surface area contributed by atoms with Crippen molar-refractivity contribution in [3.05, 3.63) is 77.5 Å². The number of nitrogens with two attached hydrogens (primary N) is 4. The monoisotopic (exact) mass is 530 g/mol. The highest BCUT2D eigenvalue weighted by Gasteiger charge is 2.33. The van der Waals surface area contributed by atoms with Crippen LogP contribution in [0.25, 0.3) is 10.9 Å². The summed E-state index contributed by atoms with van der Waals surface area (Å²) in [4.78, 5) is 30.7. The lowest BCUT2D eigenvalue weighted by atomic mass is 9.81. The number of Topliss-reactive ketones (excluding diaryl/α,β-unsaturated/α-hetero) is 1. The fraction of sp³-hybridized carbons (Fsp3) is 0.370. The number of carbonyl (C=O) groups excluding carboxylic acids is 2. The van der Waals surface area contributed by atoms with E-state index in [-0.39, 0.29) is 44.7 Å². The van der Waals surface area contributed by atoms with Crippen molar-refractivity contribution in [3.63, 3.8) is 0 Å². The molecular weight excluding hydrogens is 497 g/mol. The van der Waals surface area contributed by atoms with E-state index in [1.54, 1.807) is 6.20 Å². The van der Waals surface area contributed by atoms with E-state index in [1.165, 1.54) is 12.1 Å². The number of pyridine rings is 1. The number of rotatable bonds is 12. The first-order chi connectivity index (χ1) is 18.0. The molecule has 8 nitrogen and oxygen atoms in total. The predicted octanol–water partition coefficient (Wildman–Crippen LogP) is 1.67. The summed E-state index contributed by atoms with van der Waals surface area (Å²) < 4.78 is 39.0. The number of hydrogen-bond donors (Lipinski definition) is 5.